The average molecular weight is 337 g/mol. The maximum absolute atomic E-state index is 12.4. The van der Waals surface area contributed by atoms with E-state index in [4.69, 9.17) is 11.6 Å². The number of hydrogen-bond acceptors (Lipinski definition) is 2. The molecule has 0 atom stereocenters. The van der Waals surface area contributed by atoms with Gasteiger partial charge in [-0.3, -0.25) is 4.79 Å². The Kier molecular flexibility index (Phi) is 4.50. The van der Waals surface area contributed by atoms with E-state index in [1.165, 1.54) is 17.8 Å². The molecule has 1 aliphatic carbocycles. The Morgan fingerprint density at radius 1 is 1.65 bits per heavy atom. The van der Waals surface area contributed by atoms with Crippen LogP contribution in [0.5, 0.6) is 0 Å². The van der Waals surface area contributed by atoms with Crippen LogP contribution in [0.1, 0.15) is 34.5 Å². The summed E-state index contributed by atoms with van der Waals surface area (Å²) in [7, 11) is 0. The molecule has 1 aromatic rings. The molecule has 1 heterocycles. The van der Waals surface area contributed by atoms with E-state index in [-0.39, 0.29) is 5.91 Å². The fraction of sp³-hybridized carbons (Fsp3) is 0.583. The lowest BCUT2D eigenvalue weighted by molar-refractivity contribution is 0.0604. The molecule has 2 rings (SSSR count). The third-order valence-electron chi connectivity index (χ3n) is 3.20. The molecule has 0 N–H and O–H groups in total. The number of carbonyl (C=O) groups excluding carboxylic acids is 1. The van der Waals surface area contributed by atoms with Crippen LogP contribution in [0.2, 0.25) is 5.02 Å². The van der Waals surface area contributed by atoms with Crippen molar-refractivity contribution < 1.29 is 4.79 Å². The van der Waals surface area contributed by atoms with E-state index in [2.05, 4.69) is 15.9 Å². The second-order valence-corrected chi connectivity index (χ2v) is 6.38. The number of hydrogen-bond donors (Lipinski definition) is 0. The molecule has 0 bridgehead atoms. The quantitative estimate of drug-likeness (QED) is 0.758. The first kappa shape index (κ1) is 13.4. The molecule has 1 aliphatic rings. The Morgan fingerprint density at radius 3 is 2.76 bits per heavy atom. The Morgan fingerprint density at radius 2 is 2.35 bits per heavy atom. The van der Waals surface area contributed by atoms with Crippen molar-refractivity contribution >= 4 is 44.8 Å². The van der Waals surface area contributed by atoms with Gasteiger partial charge in [0.25, 0.3) is 5.91 Å². The molecule has 0 aromatic carbocycles. The SMILES string of the molecule is Cc1csc(C(=O)N(CCBr)C2CCC2)c1Cl. The highest BCUT2D eigenvalue weighted by Gasteiger charge is 2.30. The first-order valence-electron chi connectivity index (χ1n) is 5.75. The van der Waals surface area contributed by atoms with E-state index in [0.717, 1.165) is 30.3 Å². The molecular formula is C12H15BrClNOS. The first-order chi connectivity index (χ1) is 8.15. The molecule has 0 spiro atoms. The van der Waals surface area contributed by atoms with Gasteiger partial charge in [0, 0.05) is 17.9 Å². The number of alkyl halides is 1. The van der Waals surface area contributed by atoms with Gasteiger partial charge in [-0.25, -0.2) is 0 Å². The number of halogens is 2. The van der Waals surface area contributed by atoms with Crippen LogP contribution in [-0.2, 0) is 0 Å². The van der Waals surface area contributed by atoms with E-state index < -0.39 is 0 Å². The van der Waals surface area contributed by atoms with Crippen LogP contribution < -0.4 is 0 Å². The minimum Gasteiger partial charge on any atom is -0.334 e. The summed E-state index contributed by atoms with van der Waals surface area (Å²) in [6.45, 7) is 2.70. The molecule has 94 valence electrons. The fourth-order valence-electron chi connectivity index (χ4n) is 1.94. The van der Waals surface area contributed by atoms with E-state index in [1.807, 2.05) is 17.2 Å². The van der Waals surface area contributed by atoms with Gasteiger partial charge in [0.2, 0.25) is 0 Å². The van der Waals surface area contributed by atoms with Gasteiger partial charge in [-0.15, -0.1) is 11.3 Å². The van der Waals surface area contributed by atoms with Crippen molar-refractivity contribution in [3.63, 3.8) is 0 Å². The maximum Gasteiger partial charge on any atom is 0.265 e. The third kappa shape index (κ3) is 2.69. The molecule has 0 radical (unpaired) electrons. The number of thiophene rings is 1. The number of nitrogens with zero attached hydrogens (tertiary/aromatic N) is 1. The van der Waals surface area contributed by atoms with Gasteiger partial charge in [0.15, 0.2) is 0 Å². The molecule has 1 saturated carbocycles. The molecule has 0 unspecified atom stereocenters. The molecule has 2 nitrogen and oxygen atoms in total. The van der Waals surface area contributed by atoms with Gasteiger partial charge < -0.3 is 4.90 Å². The lowest BCUT2D eigenvalue weighted by Crippen LogP contribution is -2.45. The van der Waals surface area contributed by atoms with Crippen LogP contribution >= 0.6 is 38.9 Å². The van der Waals surface area contributed by atoms with Crippen LogP contribution in [0.15, 0.2) is 5.38 Å². The molecule has 1 amide bonds. The van der Waals surface area contributed by atoms with Crippen molar-refractivity contribution in [2.45, 2.75) is 32.2 Å². The molecule has 1 aromatic heterocycles. The molecule has 0 aliphatic heterocycles. The van der Waals surface area contributed by atoms with Crippen LogP contribution in [-0.4, -0.2) is 28.7 Å². The Hall–Kier alpha value is -0.0600. The summed E-state index contributed by atoms with van der Waals surface area (Å²) in [5.41, 5.74) is 0.993. The Bertz CT molecular complexity index is 417. The van der Waals surface area contributed by atoms with Gasteiger partial charge in [0.1, 0.15) is 4.88 Å². The van der Waals surface area contributed by atoms with E-state index in [0.29, 0.717) is 15.9 Å². The van der Waals surface area contributed by atoms with Crippen molar-refractivity contribution in [3.05, 3.63) is 20.8 Å². The number of aryl methyl sites for hydroxylation is 1. The zero-order valence-electron chi connectivity index (χ0n) is 9.71. The summed E-state index contributed by atoms with van der Waals surface area (Å²) in [5, 5.41) is 3.39. The van der Waals surface area contributed by atoms with Gasteiger partial charge in [0.05, 0.1) is 5.02 Å². The van der Waals surface area contributed by atoms with Crippen molar-refractivity contribution in [3.8, 4) is 0 Å². The number of rotatable bonds is 4. The lowest BCUT2D eigenvalue weighted by atomic mass is 9.91. The van der Waals surface area contributed by atoms with Crippen molar-refractivity contribution in [2.75, 3.05) is 11.9 Å². The van der Waals surface area contributed by atoms with Gasteiger partial charge in [-0.05, 0) is 37.1 Å². The van der Waals surface area contributed by atoms with Crippen LogP contribution in [0.4, 0.5) is 0 Å². The minimum absolute atomic E-state index is 0.0947. The number of carbonyl (C=O) groups is 1. The van der Waals surface area contributed by atoms with Crippen LogP contribution in [0, 0.1) is 6.92 Å². The predicted molar refractivity (Wildman–Crippen MR) is 76.5 cm³/mol. The lowest BCUT2D eigenvalue weighted by Gasteiger charge is -2.37. The van der Waals surface area contributed by atoms with Gasteiger partial charge >= 0.3 is 0 Å². The zero-order chi connectivity index (χ0) is 12.4. The van der Waals surface area contributed by atoms with Gasteiger partial charge in [-0.2, -0.15) is 0 Å². The van der Waals surface area contributed by atoms with Crippen molar-refractivity contribution in [1.29, 1.82) is 0 Å². The summed E-state index contributed by atoms with van der Waals surface area (Å²) in [6.07, 6.45) is 3.48. The largest absolute Gasteiger partial charge is 0.334 e. The van der Waals surface area contributed by atoms with Crippen LogP contribution in [0.25, 0.3) is 0 Å². The molecule has 1 fully saturated rings. The molecule has 5 heteroatoms. The normalized spacial score (nSPS) is 15.7. The predicted octanol–water partition coefficient (Wildman–Crippen LogP) is 4.10. The summed E-state index contributed by atoms with van der Waals surface area (Å²) < 4.78 is 0. The third-order valence-corrected chi connectivity index (χ3v) is 5.23. The first-order valence-corrected chi connectivity index (χ1v) is 8.13. The molecule has 17 heavy (non-hydrogen) atoms. The minimum atomic E-state index is 0.0947. The van der Waals surface area contributed by atoms with Crippen molar-refractivity contribution in [2.24, 2.45) is 0 Å². The average Bonchev–Trinajstić information content (AvgIpc) is 2.56. The highest BCUT2D eigenvalue weighted by molar-refractivity contribution is 9.09. The Balaban J connectivity index is 2.18. The zero-order valence-corrected chi connectivity index (χ0v) is 12.9. The summed E-state index contributed by atoms with van der Waals surface area (Å²) in [6, 6.07) is 0.415. The fourth-order valence-corrected chi connectivity index (χ4v) is 3.55. The Labute approximate surface area is 119 Å². The summed E-state index contributed by atoms with van der Waals surface area (Å²) in [5.74, 6) is 0.0947. The van der Waals surface area contributed by atoms with Crippen molar-refractivity contribution in [1.82, 2.24) is 4.90 Å². The van der Waals surface area contributed by atoms with E-state index in [1.54, 1.807) is 0 Å². The highest BCUT2D eigenvalue weighted by Crippen LogP contribution is 2.32. The maximum atomic E-state index is 12.4. The number of amides is 1. The van der Waals surface area contributed by atoms with Gasteiger partial charge in [-0.1, -0.05) is 27.5 Å². The van der Waals surface area contributed by atoms with Crippen LogP contribution in [0.3, 0.4) is 0 Å². The summed E-state index contributed by atoms with van der Waals surface area (Å²) >= 11 is 11.0. The summed E-state index contributed by atoms with van der Waals surface area (Å²) in [4.78, 5) is 15.1. The smallest absolute Gasteiger partial charge is 0.265 e. The molecular weight excluding hydrogens is 322 g/mol. The standard InChI is InChI=1S/C12H15BrClNOS/c1-8-7-17-11(10(8)14)12(16)15(6-5-13)9-3-2-4-9/h7,9H,2-6H2,1H3. The highest BCUT2D eigenvalue weighted by atomic mass is 79.9. The topological polar surface area (TPSA) is 20.3 Å². The van der Waals surface area contributed by atoms with E-state index in [9.17, 15) is 4.79 Å². The second kappa shape index (κ2) is 5.72. The van der Waals surface area contributed by atoms with E-state index >= 15 is 0 Å². The second-order valence-electron chi connectivity index (χ2n) is 4.33. The monoisotopic (exact) mass is 335 g/mol. The molecule has 0 saturated heterocycles.